The van der Waals surface area contributed by atoms with Crippen LogP contribution in [0, 0.1) is 0 Å². The van der Waals surface area contributed by atoms with Crippen molar-refractivity contribution >= 4 is 0 Å². The van der Waals surface area contributed by atoms with Crippen molar-refractivity contribution in [1.82, 2.24) is 0 Å². The Bertz CT molecular complexity index is 298. The second-order valence-corrected chi connectivity index (χ2v) is 3.78. The number of rotatable bonds is 4. The number of benzene rings is 1. The van der Waals surface area contributed by atoms with E-state index in [2.05, 4.69) is 20.4 Å². The van der Waals surface area contributed by atoms with E-state index >= 15 is 0 Å². The quantitative estimate of drug-likeness (QED) is 0.715. The maximum absolute atomic E-state index is 9.18. The molecule has 0 saturated carbocycles. The van der Waals surface area contributed by atoms with Gasteiger partial charge in [-0.1, -0.05) is 37.6 Å². The van der Waals surface area contributed by atoms with Gasteiger partial charge in [-0.3, -0.25) is 0 Å². The van der Waals surface area contributed by atoms with Crippen LogP contribution in [0.2, 0.25) is 0 Å². The van der Waals surface area contributed by atoms with Crippen LogP contribution >= 0.6 is 0 Å². The third-order valence-electron chi connectivity index (χ3n) is 2.47. The van der Waals surface area contributed by atoms with Gasteiger partial charge in [0.25, 0.3) is 0 Å². The van der Waals surface area contributed by atoms with Crippen molar-refractivity contribution in [3.63, 3.8) is 0 Å². The fourth-order valence-electron chi connectivity index (χ4n) is 1.69. The number of allylic oxidation sites excluding steroid dienone is 1. The molecule has 76 valence electrons. The molecular weight excluding hydrogens is 172 g/mol. The van der Waals surface area contributed by atoms with Crippen molar-refractivity contribution in [2.75, 3.05) is 0 Å². The van der Waals surface area contributed by atoms with Gasteiger partial charge in [0.1, 0.15) is 5.75 Å². The molecule has 1 atom stereocenters. The van der Waals surface area contributed by atoms with E-state index in [0.717, 1.165) is 12.8 Å². The summed E-state index contributed by atoms with van der Waals surface area (Å²) in [7, 11) is 0. The molecule has 1 heteroatoms. The smallest absolute Gasteiger partial charge is 0.115 e. The Kier molecular flexibility index (Phi) is 3.75. The molecule has 0 fully saturated rings. The molecule has 1 aromatic rings. The molecule has 1 aromatic carbocycles. The molecule has 0 bridgehead atoms. The molecule has 1 N–H and O–H groups in total. The topological polar surface area (TPSA) is 20.2 Å². The maximum Gasteiger partial charge on any atom is 0.115 e. The fourth-order valence-corrected chi connectivity index (χ4v) is 1.69. The van der Waals surface area contributed by atoms with Crippen LogP contribution in [-0.4, -0.2) is 5.11 Å². The van der Waals surface area contributed by atoms with Crippen LogP contribution in [0.4, 0.5) is 0 Å². The number of phenolic OH excluding ortho intramolecular Hbond substituents is 1. The Morgan fingerprint density at radius 3 is 2.36 bits per heavy atom. The van der Waals surface area contributed by atoms with Gasteiger partial charge >= 0.3 is 0 Å². The summed E-state index contributed by atoms with van der Waals surface area (Å²) in [6.07, 6.45) is 2.28. The average Bonchev–Trinajstić information content (AvgIpc) is 2.15. The van der Waals surface area contributed by atoms with Crippen molar-refractivity contribution in [2.45, 2.75) is 32.6 Å². The largest absolute Gasteiger partial charge is 0.508 e. The van der Waals surface area contributed by atoms with E-state index in [-0.39, 0.29) is 0 Å². The summed E-state index contributed by atoms with van der Waals surface area (Å²) in [5.74, 6) is 0.756. The maximum atomic E-state index is 9.18. The Labute approximate surface area is 86.1 Å². The molecule has 0 saturated heterocycles. The normalized spacial score (nSPS) is 12.4. The summed E-state index contributed by atoms with van der Waals surface area (Å²) in [4.78, 5) is 0. The lowest BCUT2D eigenvalue weighted by atomic mass is 9.89. The van der Waals surface area contributed by atoms with Gasteiger partial charge in [0.2, 0.25) is 0 Å². The molecule has 0 amide bonds. The van der Waals surface area contributed by atoms with Gasteiger partial charge in [-0.2, -0.15) is 0 Å². The van der Waals surface area contributed by atoms with Gasteiger partial charge < -0.3 is 5.11 Å². The summed E-state index contributed by atoms with van der Waals surface area (Å²) < 4.78 is 0. The zero-order chi connectivity index (χ0) is 10.6. The molecule has 1 nitrogen and oxygen atoms in total. The zero-order valence-electron chi connectivity index (χ0n) is 8.96. The van der Waals surface area contributed by atoms with Crippen LogP contribution in [0.5, 0.6) is 5.75 Å². The minimum Gasteiger partial charge on any atom is -0.508 e. The molecule has 0 aromatic heterocycles. The molecule has 0 aliphatic rings. The van der Waals surface area contributed by atoms with E-state index in [1.54, 1.807) is 12.1 Å². The van der Waals surface area contributed by atoms with Crippen LogP contribution < -0.4 is 0 Å². The molecule has 0 radical (unpaired) electrons. The van der Waals surface area contributed by atoms with Crippen LogP contribution in [0.3, 0.4) is 0 Å². The lowest BCUT2D eigenvalue weighted by Gasteiger charge is -2.16. The Balaban J connectivity index is 2.87. The predicted molar refractivity (Wildman–Crippen MR) is 60.6 cm³/mol. The predicted octanol–water partition coefficient (Wildman–Crippen LogP) is 3.85. The highest BCUT2D eigenvalue weighted by Gasteiger charge is 2.10. The van der Waals surface area contributed by atoms with E-state index in [0.29, 0.717) is 11.7 Å². The highest BCUT2D eigenvalue weighted by molar-refractivity contribution is 5.32. The van der Waals surface area contributed by atoms with Crippen molar-refractivity contribution in [3.05, 3.63) is 42.0 Å². The summed E-state index contributed by atoms with van der Waals surface area (Å²) >= 11 is 0. The monoisotopic (exact) mass is 190 g/mol. The van der Waals surface area contributed by atoms with E-state index in [1.807, 2.05) is 12.1 Å². The number of phenols is 1. The Morgan fingerprint density at radius 2 is 1.93 bits per heavy atom. The first kappa shape index (κ1) is 10.8. The first-order chi connectivity index (χ1) is 6.65. The van der Waals surface area contributed by atoms with Crippen molar-refractivity contribution in [2.24, 2.45) is 0 Å². The van der Waals surface area contributed by atoms with Crippen molar-refractivity contribution in [3.8, 4) is 5.75 Å². The zero-order valence-corrected chi connectivity index (χ0v) is 8.96. The molecule has 0 aliphatic carbocycles. The Morgan fingerprint density at radius 1 is 1.36 bits per heavy atom. The second-order valence-electron chi connectivity index (χ2n) is 3.78. The van der Waals surface area contributed by atoms with E-state index < -0.39 is 0 Å². The standard InChI is InChI=1S/C13H18O/c1-4-5-13(10(2)3)11-6-8-12(14)9-7-11/h6-9,13-14H,2,4-5H2,1,3H3. The van der Waals surface area contributed by atoms with Crippen LogP contribution in [-0.2, 0) is 0 Å². The third-order valence-corrected chi connectivity index (χ3v) is 2.47. The first-order valence-corrected chi connectivity index (χ1v) is 5.09. The number of aromatic hydroxyl groups is 1. The van der Waals surface area contributed by atoms with Gasteiger partial charge in [-0.25, -0.2) is 0 Å². The average molecular weight is 190 g/mol. The number of hydrogen-bond acceptors (Lipinski definition) is 1. The summed E-state index contributed by atoms with van der Waals surface area (Å²) in [6.45, 7) is 8.25. The van der Waals surface area contributed by atoms with Crippen molar-refractivity contribution < 1.29 is 5.11 Å². The summed E-state index contributed by atoms with van der Waals surface area (Å²) in [5.41, 5.74) is 2.44. The minimum atomic E-state index is 0.325. The van der Waals surface area contributed by atoms with Gasteiger partial charge in [0.15, 0.2) is 0 Å². The lowest BCUT2D eigenvalue weighted by molar-refractivity contribution is 0.475. The Hall–Kier alpha value is -1.24. The third kappa shape index (κ3) is 2.63. The van der Waals surface area contributed by atoms with Gasteiger partial charge in [0.05, 0.1) is 0 Å². The highest BCUT2D eigenvalue weighted by atomic mass is 16.3. The second kappa shape index (κ2) is 4.85. The molecule has 1 rings (SSSR count). The highest BCUT2D eigenvalue weighted by Crippen LogP contribution is 2.28. The number of hydrogen-bond donors (Lipinski definition) is 1. The lowest BCUT2D eigenvalue weighted by Crippen LogP contribution is -1.98. The summed E-state index contributed by atoms with van der Waals surface area (Å²) in [5, 5.41) is 9.18. The molecule has 0 heterocycles. The van der Waals surface area contributed by atoms with E-state index in [4.69, 9.17) is 0 Å². The molecular formula is C13H18O. The first-order valence-electron chi connectivity index (χ1n) is 5.09. The van der Waals surface area contributed by atoms with Crippen LogP contribution in [0.25, 0.3) is 0 Å². The summed E-state index contributed by atoms with van der Waals surface area (Å²) in [6, 6.07) is 7.43. The minimum absolute atomic E-state index is 0.325. The van der Waals surface area contributed by atoms with Crippen LogP contribution in [0.1, 0.15) is 38.2 Å². The molecule has 1 unspecified atom stereocenters. The van der Waals surface area contributed by atoms with Gasteiger partial charge in [-0.15, -0.1) is 0 Å². The van der Waals surface area contributed by atoms with Crippen molar-refractivity contribution in [1.29, 1.82) is 0 Å². The molecule has 14 heavy (non-hydrogen) atoms. The SMILES string of the molecule is C=C(C)C(CCC)c1ccc(O)cc1. The fraction of sp³-hybridized carbons (Fsp3) is 0.385. The molecule has 0 aliphatic heterocycles. The molecule has 0 spiro atoms. The van der Waals surface area contributed by atoms with E-state index in [9.17, 15) is 5.11 Å². The van der Waals surface area contributed by atoms with Gasteiger partial charge in [0, 0.05) is 5.92 Å². The van der Waals surface area contributed by atoms with E-state index in [1.165, 1.54) is 11.1 Å². The van der Waals surface area contributed by atoms with Crippen LogP contribution in [0.15, 0.2) is 36.4 Å². The van der Waals surface area contributed by atoms with Gasteiger partial charge in [-0.05, 0) is 31.0 Å².